The Morgan fingerprint density at radius 1 is 1.08 bits per heavy atom. The Morgan fingerprint density at radius 2 is 1.77 bits per heavy atom. The Bertz CT molecular complexity index is 765. The number of amides is 2. The summed E-state index contributed by atoms with van der Waals surface area (Å²) < 4.78 is 10.7. The van der Waals surface area contributed by atoms with Crippen LogP contribution < -0.4 is 14.8 Å². The van der Waals surface area contributed by atoms with Gasteiger partial charge in [0.25, 0.3) is 0 Å². The molecule has 0 radical (unpaired) electrons. The number of carbonyl (C=O) groups excluding carboxylic acids is 1. The maximum atomic E-state index is 13.0. The van der Waals surface area contributed by atoms with Gasteiger partial charge in [-0.25, -0.2) is 4.79 Å². The van der Waals surface area contributed by atoms with E-state index >= 15 is 0 Å². The summed E-state index contributed by atoms with van der Waals surface area (Å²) in [5.41, 5.74) is 0.618. The molecule has 8 heteroatoms. The zero-order valence-electron chi connectivity index (χ0n) is 15.0. The molecule has 1 aromatic carbocycles. The molecule has 4 rings (SSSR count). The molecule has 1 aromatic heterocycles. The second kappa shape index (κ2) is 6.86. The molecule has 0 aliphatic carbocycles. The summed E-state index contributed by atoms with van der Waals surface area (Å²) in [4.78, 5) is 16.7. The van der Waals surface area contributed by atoms with E-state index in [1.165, 1.54) is 0 Å². The van der Waals surface area contributed by atoms with Gasteiger partial charge in [0.05, 0.1) is 38.3 Å². The lowest BCUT2D eigenvalue weighted by atomic mass is 9.98. The quantitative estimate of drug-likeness (QED) is 0.910. The molecule has 2 aromatic rings. The lowest BCUT2D eigenvalue weighted by Gasteiger charge is -2.38. The van der Waals surface area contributed by atoms with Crippen molar-refractivity contribution in [2.24, 2.45) is 0 Å². The maximum absolute atomic E-state index is 13.0. The fraction of sp³-hybridized carbons (Fsp3) is 0.500. The fourth-order valence-corrected chi connectivity index (χ4v) is 4.25. The normalized spacial score (nSPS) is 24.4. The molecule has 2 unspecified atom stereocenters. The topological polar surface area (TPSA) is 81.5 Å². The number of benzene rings is 1. The number of carbonyl (C=O) groups is 1. The molecule has 8 nitrogen and oxygen atoms in total. The molecule has 1 N–H and O–H groups in total. The summed E-state index contributed by atoms with van der Waals surface area (Å²) in [5.74, 6) is 1.13. The first-order valence-electron chi connectivity index (χ1n) is 8.87. The Labute approximate surface area is 152 Å². The lowest BCUT2D eigenvalue weighted by Crippen LogP contribution is -2.49. The first kappa shape index (κ1) is 16.7. The number of aromatic nitrogens is 3. The zero-order chi connectivity index (χ0) is 18.1. The number of nitrogens with zero attached hydrogens (tertiary/aromatic N) is 4. The molecule has 0 spiro atoms. The van der Waals surface area contributed by atoms with E-state index in [0.29, 0.717) is 17.2 Å². The monoisotopic (exact) mass is 357 g/mol. The van der Waals surface area contributed by atoms with Crippen molar-refractivity contribution in [2.75, 3.05) is 19.5 Å². The van der Waals surface area contributed by atoms with E-state index in [1.807, 2.05) is 17.0 Å². The molecule has 3 heterocycles. The van der Waals surface area contributed by atoms with Crippen molar-refractivity contribution in [3.05, 3.63) is 30.6 Å². The number of anilines is 1. The molecular weight excluding hydrogens is 334 g/mol. The number of fused-ring (bicyclic) bond motifs is 2. The zero-order valence-corrected chi connectivity index (χ0v) is 15.0. The summed E-state index contributed by atoms with van der Waals surface area (Å²) >= 11 is 0. The fourth-order valence-electron chi connectivity index (χ4n) is 4.25. The van der Waals surface area contributed by atoms with Gasteiger partial charge in [0.1, 0.15) is 0 Å². The average molecular weight is 357 g/mol. The van der Waals surface area contributed by atoms with Gasteiger partial charge in [0.2, 0.25) is 0 Å². The lowest BCUT2D eigenvalue weighted by molar-refractivity contribution is 0.124. The smallest absolute Gasteiger partial charge is 0.322 e. The summed E-state index contributed by atoms with van der Waals surface area (Å²) in [6.07, 6.45) is 7.21. The molecule has 2 fully saturated rings. The van der Waals surface area contributed by atoms with Crippen molar-refractivity contribution >= 4 is 11.7 Å². The number of hydrogen-bond donors (Lipinski definition) is 1. The van der Waals surface area contributed by atoms with Crippen molar-refractivity contribution in [1.82, 2.24) is 19.9 Å². The molecule has 2 amide bonds. The van der Waals surface area contributed by atoms with Gasteiger partial charge in [0, 0.05) is 12.1 Å². The van der Waals surface area contributed by atoms with Crippen LogP contribution in [-0.4, -0.2) is 52.2 Å². The summed E-state index contributed by atoms with van der Waals surface area (Å²) in [7, 11) is 3.15. The van der Waals surface area contributed by atoms with Crippen LogP contribution in [0.2, 0.25) is 0 Å². The van der Waals surface area contributed by atoms with Crippen LogP contribution in [-0.2, 0) is 0 Å². The van der Waals surface area contributed by atoms with Crippen LogP contribution in [0.5, 0.6) is 11.5 Å². The van der Waals surface area contributed by atoms with Gasteiger partial charge in [-0.15, -0.1) is 0 Å². The van der Waals surface area contributed by atoms with E-state index in [1.54, 1.807) is 37.5 Å². The Balaban J connectivity index is 1.50. The van der Waals surface area contributed by atoms with Crippen LogP contribution in [0.15, 0.2) is 30.6 Å². The Hall–Kier alpha value is -2.77. The number of methoxy groups -OCH3 is 2. The number of rotatable bonds is 4. The number of piperidine rings is 1. The minimum Gasteiger partial charge on any atom is -0.493 e. The van der Waals surface area contributed by atoms with Crippen molar-refractivity contribution < 1.29 is 14.3 Å². The van der Waals surface area contributed by atoms with Crippen LogP contribution in [0.4, 0.5) is 10.5 Å². The largest absolute Gasteiger partial charge is 0.493 e. The van der Waals surface area contributed by atoms with Crippen LogP contribution >= 0.6 is 0 Å². The first-order chi connectivity index (χ1) is 12.7. The summed E-state index contributed by atoms with van der Waals surface area (Å²) in [6.45, 7) is 0. The van der Waals surface area contributed by atoms with E-state index in [4.69, 9.17) is 9.47 Å². The summed E-state index contributed by atoms with van der Waals surface area (Å²) in [5, 5.41) is 11.5. The summed E-state index contributed by atoms with van der Waals surface area (Å²) in [6, 6.07) is 6.06. The second-order valence-electron chi connectivity index (χ2n) is 6.74. The number of para-hydroxylation sites is 1. The van der Waals surface area contributed by atoms with Crippen LogP contribution in [0.1, 0.15) is 31.7 Å². The molecule has 2 aliphatic rings. The standard InChI is InChI=1S/C18H23N5O3/c1-25-16-5-3-4-15(17(16)26-2)21-18(24)22-12-6-7-13(22)11-14(10-12)23-19-8-9-20-23/h3-5,8-9,12-14H,6-7,10-11H2,1-2H3,(H,21,24). The van der Waals surface area contributed by atoms with E-state index in [9.17, 15) is 4.79 Å². The predicted octanol–water partition coefficient (Wildman–Crippen LogP) is 2.70. The van der Waals surface area contributed by atoms with Gasteiger partial charge < -0.3 is 19.7 Å². The van der Waals surface area contributed by atoms with Crippen LogP contribution in [0.25, 0.3) is 0 Å². The molecule has 2 saturated heterocycles. The highest BCUT2D eigenvalue weighted by molar-refractivity contribution is 5.92. The van der Waals surface area contributed by atoms with Gasteiger partial charge >= 0.3 is 6.03 Å². The van der Waals surface area contributed by atoms with E-state index in [0.717, 1.165) is 25.7 Å². The van der Waals surface area contributed by atoms with Crippen molar-refractivity contribution in [2.45, 2.75) is 43.8 Å². The van der Waals surface area contributed by atoms with Gasteiger partial charge in [-0.1, -0.05) is 6.07 Å². The maximum Gasteiger partial charge on any atom is 0.322 e. The molecule has 2 aliphatic heterocycles. The highest BCUT2D eigenvalue weighted by Crippen LogP contribution is 2.41. The van der Waals surface area contributed by atoms with E-state index < -0.39 is 0 Å². The minimum atomic E-state index is -0.0871. The van der Waals surface area contributed by atoms with Crippen molar-refractivity contribution in [3.63, 3.8) is 0 Å². The third kappa shape index (κ3) is 2.85. The molecule has 26 heavy (non-hydrogen) atoms. The van der Waals surface area contributed by atoms with Gasteiger partial charge in [-0.05, 0) is 37.8 Å². The second-order valence-corrected chi connectivity index (χ2v) is 6.74. The molecule has 2 atom stereocenters. The van der Waals surface area contributed by atoms with Gasteiger partial charge in [0.15, 0.2) is 11.5 Å². The molecular formula is C18H23N5O3. The van der Waals surface area contributed by atoms with Crippen molar-refractivity contribution in [3.8, 4) is 11.5 Å². The Kier molecular flexibility index (Phi) is 4.40. The minimum absolute atomic E-state index is 0.0871. The SMILES string of the molecule is COc1cccc(NC(=O)N2C3CCC2CC(n2nccn2)C3)c1OC. The third-order valence-electron chi connectivity index (χ3n) is 5.35. The van der Waals surface area contributed by atoms with Crippen LogP contribution in [0.3, 0.4) is 0 Å². The number of ether oxygens (including phenoxy) is 2. The number of hydrogen-bond acceptors (Lipinski definition) is 5. The number of urea groups is 1. The Morgan fingerprint density at radius 3 is 2.38 bits per heavy atom. The molecule has 138 valence electrons. The van der Waals surface area contributed by atoms with Crippen LogP contribution in [0, 0.1) is 0 Å². The van der Waals surface area contributed by atoms with Crippen molar-refractivity contribution in [1.29, 1.82) is 0 Å². The highest BCUT2D eigenvalue weighted by atomic mass is 16.5. The van der Waals surface area contributed by atoms with Gasteiger partial charge in [-0.2, -0.15) is 15.0 Å². The van der Waals surface area contributed by atoms with E-state index in [-0.39, 0.29) is 24.2 Å². The highest BCUT2D eigenvalue weighted by Gasteiger charge is 2.44. The van der Waals surface area contributed by atoms with E-state index in [2.05, 4.69) is 15.5 Å². The molecule has 0 saturated carbocycles. The predicted molar refractivity (Wildman–Crippen MR) is 95.5 cm³/mol. The third-order valence-corrected chi connectivity index (χ3v) is 5.35. The number of nitrogens with one attached hydrogen (secondary N) is 1. The average Bonchev–Trinajstić information content (AvgIpc) is 3.28. The molecule has 2 bridgehead atoms. The first-order valence-corrected chi connectivity index (χ1v) is 8.87. The van der Waals surface area contributed by atoms with Gasteiger partial charge in [-0.3, -0.25) is 0 Å².